The number of nitrogens with zero attached hydrogens (tertiary/aromatic N) is 5. The number of ketones is 5. The van der Waals surface area contributed by atoms with Crippen LogP contribution in [-0.4, -0.2) is 132 Å². The third-order valence-electron chi connectivity index (χ3n) is 26.1. The van der Waals surface area contributed by atoms with Crippen LogP contribution >= 0.6 is 0 Å². The van der Waals surface area contributed by atoms with Crippen LogP contribution in [0.3, 0.4) is 0 Å². The van der Waals surface area contributed by atoms with E-state index in [1.807, 2.05) is 182 Å². The highest BCUT2D eigenvalue weighted by Gasteiger charge is 2.32. The Morgan fingerprint density at radius 1 is 0.305 bits per heavy atom. The molecule has 0 saturated heterocycles. The van der Waals surface area contributed by atoms with Gasteiger partial charge in [0.2, 0.25) is 5.91 Å². The van der Waals surface area contributed by atoms with Gasteiger partial charge in [-0.1, -0.05) is 181 Å². The van der Waals surface area contributed by atoms with Gasteiger partial charge in [-0.05, 0) is 258 Å². The zero-order valence-corrected chi connectivity index (χ0v) is 85.7. The van der Waals surface area contributed by atoms with E-state index in [1.165, 1.54) is 134 Å². The van der Waals surface area contributed by atoms with Crippen LogP contribution in [-0.2, 0) is 54.7 Å². The maximum atomic E-state index is 12.9. The van der Waals surface area contributed by atoms with E-state index in [0.717, 1.165) is 150 Å². The molecular weight excluding hydrogens is 1770 g/mol. The van der Waals surface area contributed by atoms with Gasteiger partial charge in [-0.2, -0.15) is 0 Å². The Balaban J connectivity index is 0.000000175. The Bertz CT molecular complexity index is 6660. The van der Waals surface area contributed by atoms with Crippen molar-refractivity contribution in [2.24, 2.45) is 21.1 Å². The molecule has 15 rings (SSSR count). The number of hydrogen-bond acceptors (Lipinski definition) is 12. The molecule has 141 heavy (non-hydrogen) atoms. The molecule has 3 aliphatic carbocycles. The van der Waals surface area contributed by atoms with Gasteiger partial charge >= 0.3 is 0 Å². The summed E-state index contributed by atoms with van der Waals surface area (Å²) in [5.74, 6) is -0.668. The molecule has 1 unspecified atom stereocenters. The summed E-state index contributed by atoms with van der Waals surface area (Å²) in [6.45, 7) is 35.8. The highest BCUT2D eigenvalue weighted by Crippen LogP contribution is 2.43. The second kappa shape index (κ2) is 50.6. The molecule has 1 atom stereocenters. The Morgan fingerprint density at radius 2 is 0.567 bits per heavy atom. The maximum Gasteiger partial charge on any atom is 0.253 e. The van der Waals surface area contributed by atoms with Crippen molar-refractivity contribution in [1.82, 2.24) is 54.7 Å². The minimum Gasteiger partial charge on any atom is -0.349 e. The second-order valence-corrected chi connectivity index (χ2v) is 37.0. The standard InChI is InChI=1S/C23H24N2O2.C22H28N2O2.C21H26N2O2.3C17H20N2O2/c1-15-11-12-19-16(2)17(3)22(20(19)14-15)23(27)24-13-7-10-21(26)25-18-8-5-4-6-9-18;1-15-11-12-20-19(14-15)21(22(26)23-13-7-8-16(2)25)17(3)24(20)18-9-5-4-6-10-18;1-14-10-11-19-18(13-14)20(21(25)22-12-6-7-15(2)24)16(3)23(19)17-8-4-5-9-17;3*1-11-7-8-15-14(10-11)16(13(3)19(15)4)17(21)18-9-5-6-12(2)20/h4-12,14,16H,13H2,1-3H3,(H,24,27)(H,25,26);7-8,11-12,14,18H,4-6,9-10,13H2,1-3H3,(H,23,26);6-7,10-11,13,17H,4-5,8-9,12H2,1-3H3,(H,22,25);3*5-8,10H,9H2,1-4H3,(H,18,21)/b10-7+;8-7+;7-6+;3*6-5+. The van der Waals surface area contributed by atoms with E-state index in [1.54, 1.807) is 36.5 Å². The lowest BCUT2D eigenvalue weighted by atomic mass is 9.95. The number of aryl methyl sites for hydroxylation is 9. The molecule has 24 nitrogen and oxygen atoms in total. The van der Waals surface area contributed by atoms with E-state index >= 15 is 0 Å². The summed E-state index contributed by atoms with van der Waals surface area (Å²) in [6.07, 6.45) is 29.9. The molecule has 0 aliphatic heterocycles. The number of fused-ring (bicyclic) bond motifs is 6. The topological polar surface area (TPSA) is 314 Å². The van der Waals surface area contributed by atoms with Crippen molar-refractivity contribution in [2.45, 2.75) is 200 Å². The van der Waals surface area contributed by atoms with Gasteiger partial charge in [0, 0.05) is 179 Å². The highest BCUT2D eigenvalue weighted by molar-refractivity contribution is 6.22. The van der Waals surface area contributed by atoms with Crippen LogP contribution in [0.25, 0.3) is 60.1 Å². The summed E-state index contributed by atoms with van der Waals surface area (Å²) >= 11 is 0. The second-order valence-electron chi connectivity index (χ2n) is 37.0. The number of carbonyl (C=O) groups is 12. The lowest BCUT2D eigenvalue weighted by molar-refractivity contribution is -0.116. The molecular formula is C117H138N12O12. The van der Waals surface area contributed by atoms with E-state index in [2.05, 4.69) is 129 Å². The van der Waals surface area contributed by atoms with Crippen molar-refractivity contribution < 1.29 is 57.5 Å². The monoisotopic (exact) mass is 1900 g/mol. The van der Waals surface area contributed by atoms with E-state index in [0.29, 0.717) is 68.0 Å². The Morgan fingerprint density at radius 3 is 0.879 bits per heavy atom. The van der Waals surface area contributed by atoms with Crippen molar-refractivity contribution >= 4 is 136 Å². The van der Waals surface area contributed by atoms with Crippen LogP contribution in [0.15, 0.2) is 218 Å². The molecule has 738 valence electrons. The lowest BCUT2D eigenvalue weighted by Gasteiger charge is -2.26. The van der Waals surface area contributed by atoms with E-state index in [-0.39, 0.29) is 76.2 Å². The van der Waals surface area contributed by atoms with Gasteiger partial charge in [0.05, 0.1) is 27.8 Å². The summed E-state index contributed by atoms with van der Waals surface area (Å²) in [5.41, 5.74) is 25.6. The molecule has 2 fully saturated rings. The molecule has 7 amide bonds. The third-order valence-corrected chi connectivity index (χ3v) is 26.1. The van der Waals surface area contributed by atoms with Gasteiger partial charge in [0.25, 0.3) is 35.4 Å². The first-order chi connectivity index (χ1) is 67.2. The van der Waals surface area contributed by atoms with Crippen molar-refractivity contribution in [3.63, 3.8) is 0 Å². The number of rotatable bonds is 27. The van der Waals surface area contributed by atoms with Gasteiger partial charge in [-0.3, -0.25) is 57.5 Å². The molecule has 5 heterocycles. The number of benzene rings is 7. The summed E-state index contributed by atoms with van der Waals surface area (Å²) in [6, 6.07) is 47.5. The average molecular weight is 1900 g/mol. The Labute approximate surface area is 828 Å². The molecule has 0 bridgehead atoms. The predicted octanol–water partition coefficient (Wildman–Crippen LogP) is 21.1. The molecule has 2 saturated carbocycles. The molecule has 12 aromatic rings. The van der Waals surface area contributed by atoms with E-state index in [9.17, 15) is 57.5 Å². The number of carbonyl (C=O) groups excluding carboxylic acids is 12. The van der Waals surface area contributed by atoms with Crippen LogP contribution in [0.5, 0.6) is 0 Å². The quantitative estimate of drug-likeness (QED) is 0.0236. The van der Waals surface area contributed by atoms with Gasteiger partial charge in [0.15, 0.2) is 28.9 Å². The zero-order valence-electron chi connectivity index (χ0n) is 85.7. The average Bonchev–Trinajstić information content (AvgIpc) is 1.60. The number of nitrogens with one attached hydrogen (secondary N) is 7. The fraction of sp³-hybridized carbons (Fsp3) is 0.333. The highest BCUT2D eigenvalue weighted by atomic mass is 16.2. The molecule has 7 aromatic carbocycles. The SMILES string of the molecule is CC(=O)/C=C/CNC(=O)c1c(C)n(C)c2ccc(C)cc12.CC(=O)/C=C/CNC(=O)c1c(C)n(C)c2ccc(C)cc12.CC(=O)/C=C/CNC(=O)c1c(C)n(C)c2ccc(C)cc12.CC(=O)/C=C/CNC(=O)c1c(C)n(C2CCCC2)c2ccc(C)cc12.CC(=O)/C=C/CNC(=O)c1c(C)n(C2CCCCC2)c2ccc(C)cc12.CC1=C(C(=O)NC/C=C/C(=O)Nc2ccccc2)c2cc(C)ccc2C1C. The maximum absolute atomic E-state index is 12.9. The van der Waals surface area contributed by atoms with Crippen molar-refractivity contribution in [3.8, 4) is 0 Å². The normalized spacial score (nSPS) is 13.6. The third kappa shape index (κ3) is 28.0. The number of anilines is 1. The molecule has 0 spiro atoms. The van der Waals surface area contributed by atoms with Crippen LogP contribution in [0.4, 0.5) is 5.69 Å². The van der Waals surface area contributed by atoms with E-state index in [4.69, 9.17) is 0 Å². The summed E-state index contributed by atoms with van der Waals surface area (Å²) in [4.78, 5) is 142. The molecule has 5 aromatic heterocycles. The van der Waals surface area contributed by atoms with Crippen molar-refractivity contribution in [2.75, 3.05) is 44.6 Å². The first-order valence-corrected chi connectivity index (χ1v) is 48.5. The number of amides is 7. The summed E-state index contributed by atoms with van der Waals surface area (Å²) in [5, 5.41) is 24.9. The van der Waals surface area contributed by atoms with Crippen LogP contribution in [0.2, 0.25) is 0 Å². The van der Waals surface area contributed by atoms with Gasteiger partial charge in [0.1, 0.15) is 0 Å². The van der Waals surface area contributed by atoms with Gasteiger partial charge < -0.3 is 60.1 Å². The Hall–Kier alpha value is -14.9. The fourth-order valence-corrected chi connectivity index (χ4v) is 18.7. The number of hydrogen-bond donors (Lipinski definition) is 7. The largest absolute Gasteiger partial charge is 0.349 e. The number of aromatic nitrogens is 5. The smallest absolute Gasteiger partial charge is 0.253 e. The fourth-order valence-electron chi connectivity index (χ4n) is 18.7. The van der Waals surface area contributed by atoms with E-state index < -0.39 is 0 Å². The van der Waals surface area contributed by atoms with Crippen molar-refractivity contribution in [3.05, 3.63) is 319 Å². The Kier molecular flexibility index (Phi) is 38.8. The minimum absolute atomic E-state index is 0.0139. The number of allylic oxidation sites excluding steroid dienone is 6. The van der Waals surface area contributed by atoms with Gasteiger partial charge in [-0.15, -0.1) is 0 Å². The number of para-hydroxylation sites is 1. The van der Waals surface area contributed by atoms with Crippen LogP contribution in [0.1, 0.15) is 249 Å². The van der Waals surface area contributed by atoms with Crippen LogP contribution < -0.4 is 37.2 Å². The molecule has 24 heteroatoms. The first-order valence-electron chi connectivity index (χ1n) is 48.5. The minimum atomic E-state index is -0.221. The molecule has 0 radical (unpaired) electrons. The predicted molar refractivity (Wildman–Crippen MR) is 570 cm³/mol. The first kappa shape index (κ1) is 108. The molecule has 3 aliphatic rings. The zero-order chi connectivity index (χ0) is 103. The summed E-state index contributed by atoms with van der Waals surface area (Å²) in [7, 11) is 5.87. The van der Waals surface area contributed by atoms with Crippen LogP contribution in [0, 0.1) is 76.2 Å². The molecule has 7 N–H and O–H groups in total. The summed E-state index contributed by atoms with van der Waals surface area (Å²) < 4.78 is 10.8. The van der Waals surface area contributed by atoms with Crippen molar-refractivity contribution in [1.29, 1.82) is 0 Å². The lowest BCUT2D eigenvalue weighted by Crippen LogP contribution is -2.24. The van der Waals surface area contributed by atoms with Gasteiger partial charge in [-0.25, -0.2) is 0 Å².